The topological polar surface area (TPSA) is 36.4 Å². The number of likely N-dealkylation sites (N-methyl/N-ethyl adjacent to an activating group) is 1. The Balaban J connectivity index is 0.000000637. The van der Waals surface area contributed by atoms with E-state index in [1.165, 1.54) is 0 Å². The van der Waals surface area contributed by atoms with Gasteiger partial charge in [-0.15, -0.1) is 0 Å². The van der Waals surface area contributed by atoms with E-state index in [2.05, 4.69) is 16.9 Å². The number of hydrogen-bond donors (Lipinski definition) is 0. The second-order valence-electron chi connectivity index (χ2n) is 5.12. The van der Waals surface area contributed by atoms with Crippen LogP contribution >= 0.6 is 0 Å². The molecule has 1 amide bonds. The maximum absolute atomic E-state index is 12.5. The average Bonchev–Trinajstić information content (AvgIpc) is 2.68. The zero-order valence-corrected chi connectivity index (χ0v) is 12.3. The molecule has 1 aromatic rings. The molecule has 3 heterocycles. The van der Waals surface area contributed by atoms with E-state index in [0.29, 0.717) is 0 Å². The van der Waals surface area contributed by atoms with E-state index in [0.717, 1.165) is 37.3 Å². The number of nitrogens with zero attached hydrogens (tertiary/aromatic N) is 3. The number of pyridine rings is 1. The van der Waals surface area contributed by atoms with Crippen molar-refractivity contribution in [2.45, 2.75) is 32.1 Å². The van der Waals surface area contributed by atoms with Gasteiger partial charge in [0.2, 0.25) is 5.91 Å². The maximum Gasteiger partial charge on any atom is 0.239 e. The summed E-state index contributed by atoms with van der Waals surface area (Å²) >= 11 is 0. The van der Waals surface area contributed by atoms with Crippen molar-refractivity contribution in [1.29, 1.82) is 0 Å². The minimum Gasteiger partial charge on any atom is -0.313 e. The Hall–Kier alpha value is -1.42. The summed E-state index contributed by atoms with van der Waals surface area (Å²) < 4.78 is 0. The molecule has 2 aliphatic rings. The molecule has 0 bridgehead atoms. The third kappa shape index (κ3) is 2.04. The minimum absolute atomic E-state index is 0.222. The lowest BCUT2D eigenvalue weighted by Crippen LogP contribution is -2.47. The molecule has 2 aliphatic heterocycles. The van der Waals surface area contributed by atoms with E-state index in [9.17, 15) is 4.79 Å². The van der Waals surface area contributed by atoms with Gasteiger partial charge in [0.05, 0.1) is 16.8 Å². The summed E-state index contributed by atoms with van der Waals surface area (Å²) in [6, 6.07) is 3.89. The fraction of sp³-hybridized carbons (Fsp3) is 0.600. The van der Waals surface area contributed by atoms with Crippen LogP contribution in [0.5, 0.6) is 0 Å². The highest BCUT2D eigenvalue weighted by atomic mass is 16.2. The van der Waals surface area contributed by atoms with Crippen molar-refractivity contribution in [3.63, 3.8) is 0 Å². The van der Waals surface area contributed by atoms with Gasteiger partial charge in [-0.2, -0.15) is 0 Å². The number of anilines is 1. The molecular formula is C15H23N3O. The molecular weight excluding hydrogens is 238 g/mol. The van der Waals surface area contributed by atoms with Crippen LogP contribution < -0.4 is 4.90 Å². The molecule has 104 valence electrons. The van der Waals surface area contributed by atoms with Crippen molar-refractivity contribution in [2.24, 2.45) is 0 Å². The molecule has 4 nitrogen and oxygen atoms in total. The molecule has 1 fully saturated rings. The van der Waals surface area contributed by atoms with Crippen molar-refractivity contribution in [3.05, 3.63) is 24.0 Å². The van der Waals surface area contributed by atoms with Gasteiger partial charge in [0.25, 0.3) is 0 Å². The van der Waals surface area contributed by atoms with Crippen molar-refractivity contribution in [3.8, 4) is 0 Å². The molecule has 1 spiro atoms. The van der Waals surface area contributed by atoms with Gasteiger partial charge < -0.3 is 9.80 Å². The number of carbonyl (C=O) groups excluding carboxylic acids is 1. The zero-order chi connectivity index (χ0) is 14.0. The Bertz CT molecular complexity index is 464. The van der Waals surface area contributed by atoms with Crippen molar-refractivity contribution in [2.75, 3.05) is 32.1 Å². The fourth-order valence-corrected chi connectivity index (χ4v) is 3.02. The van der Waals surface area contributed by atoms with Gasteiger partial charge in [0.1, 0.15) is 0 Å². The van der Waals surface area contributed by atoms with Gasteiger partial charge in [-0.1, -0.05) is 13.8 Å². The molecule has 1 aromatic heterocycles. The Morgan fingerprint density at radius 1 is 1.21 bits per heavy atom. The monoisotopic (exact) mass is 261 g/mol. The summed E-state index contributed by atoms with van der Waals surface area (Å²) in [4.78, 5) is 21.0. The highest BCUT2D eigenvalue weighted by molar-refractivity contribution is 6.07. The SMILES string of the molecule is CC.CN1CCC2(CC1)C(=O)N(C)c1cccnc12. The first kappa shape index (κ1) is 14.0. The number of hydrogen-bond acceptors (Lipinski definition) is 3. The largest absolute Gasteiger partial charge is 0.313 e. The molecule has 0 atom stereocenters. The Kier molecular flexibility index (Phi) is 3.90. The molecule has 1 saturated heterocycles. The molecule has 19 heavy (non-hydrogen) atoms. The van der Waals surface area contributed by atoms with Gasteiger partial charge in [-0.05, 0) is 45.1 Å². The van der Waals surface area contributed by atoms with Gasteiger partial charge in [-0.3, -0.25) is 9.78 Å². The smallest absolute Gasteiger partial charge is 0.239 e. The molecule has 4 heteroatoms. The third-order valence-electron chi connectivity index (χ3n) is 4.16. The normalized spacial score (nSPS) is 21.1. The number of rotatable bonds is 0. The number of fused-ring (bicyclic) bond motifs is 2. The summed E-state index contributed by atoms with van der Waals surface area (Å²) in [5.74, 6) is 0.222. The third-order valence-corrected chi connectivity index (χ3v) is 4.16. The molecule has 0 N–H and O–H groups in total. The van der Waals surface area contributed by atoms with Crippen LogP contribution in [0.25, 0.3) is 0 Å². The van der Waals surface area contributed by atoms with E-state index in [1.54, 1.807) is 11.1 Å². The predicted octanol–water partition coefficient (Wildman–Crippen LogP) is 2.05. The lowest BCUT2D eigenvalue weighted by Gasteiger charge is -2.35. The van der Waals surface area contributed by atoms with Crippen molar-refractivity contribution < 1.29 is 4.79 Å². The van der Waals surface area contributed by atoms with E-state index in [1.807, 2.05) is 33.0 Å². The van der Waals surface area contributed by atoms with Gasteiger partial charge in [-0.25, -0.2) is 0 Å². The molecule has 0 aliphatic carbocycles. The van der Waals surface area contributed by atoms with Crippen LogP contribution in [0, 0.1) is 0 Å². The molecule has 3 rings (SSSR count). The second kappa shape index (κ2) is 5.29. The van der Waals surface area contributed by atoms with E-state index in [4.69, 9.17) is 0 Å². The number of piperidine rings is 1. The maximum atomic E-state index is 12.5. The first-order chi connectivity index (χ1) is 9.15. The van der Waals surface area contributed by atoms with Crippen LogP contribution in [0.2, 0.25) is 0 Å². The fourth-order valence-electron chi connectivity index (χ4n) is 3.02. The number of likely N-dealkylation sites (tertiary alicyclic amines) is 1. The second-order valence-corrected chi connectivity index (χ2v) is 5.12. The lowest BCUT2D eigenvalue weighted by molar-refractivity contribution is -0.124. The number of carbonyl (C=O) groups is 1. The summed E-state index contributed by atoms with van der Waals surface area (Å²) in [7, 11) is 3.96. The van der Waals surface area contributed by atoms with Crippen LogP contribution in [0.3, 0.4) is 0 Å². The quantitative estimate of drug-likeness (QED) is 0.717. The van der Waals surface area contributed by atoms with Crippen LogP contribution in [0.15, 0.2) is 18.3 Å². The molecule has 0 aromatic carbocycles. The zero-order valence-electron chi connectivity index (χ0n) is 12.3. The van der Waals surface area contributed by atoms with Gasteiger partial charge >= 0.3 is 0 Å². The highest BCUT2D eigenvalue weighted by Gasteiger charge is 2.51. The van der Waals surface area contributed by atoms with E-state index in [-0.39, 0.29) is 11.3 Å². The first-order valence-corrected chi connectivity index (χ1v) is 7.07. The molecule has 0 radical (unpaired) electrons. The summed E-state index contributed by atoms with van der Waals surface area (Å²) in [6.07, 6.45) is 3.57. The van der Waals surface area contributed by atoms with Crippen LogP contribution in [-0.4, -0.2) is 43.0 Å². The Morgan fingerprint density at radius 3 is 2.47 bits per heavy atom. The lowest BCUT2D eigenvalue weighted by atomic mass is 9.76. The van der Waals surface area contributed by atoms with Gasteiger partial charge in [0.15, 0.2) is 0 Å². The van der Waals surface area contributed by atoms with Gasteiger partial charge in [0, 0.05) is 13.2 Å². The average molecular weight is 261 g/mol. The Morgan fingerprint density at radius 2 is 1.84 bits per heavy atom. The summed E-state index contributed by atoms with van der Waals surface area (Å²) in [6.45, 7) is 5.94. The predicted molar refractivity (Wildman–Crippen MR) is 77.4 cm³/mol. The number of aromatic nitrogens is 1. The number of amides is 1. The van der Waals surface area contributed by atoms with Crippen LogP contribution in [-0.2, 0) is 10.2 Å². The first-order valence-electron chi connectivity index (χ1n) is 7.07. The Labute approximate surface area is 115 Å². The molecule has 0 saturated carbocycles. The van der Waals surface area contributed by atoms with Crippen LogP contribution in [0.1, 0.15) is 32.4 Å². The van der Waals surface area contributed by atoms with E-state index < -0.39 is 0 Å². The minimum atomic E-state index is -0.349. The summed E-state index contributed by atoms with van der Waals surface area (Å²) in [5.41, 5.74) is 1.63. The van der Waals surface area contributed by atoms with Crippen molar-refractivity contribution >= 4 is 11.6 Å². The highest BCUT2D eigenvalue weighted by Crippen LogP contribution is 2.45. The molecule has 0 unspecified atom stereocenters. The summed E-state index contributed by atoms with van der Waals surface area (Å²) in [5, 5.41) is 0. The standard InChI is InChI=1S/C13H17N3O.C2H6/c1-15-8-5-13(6-9-15)11-10(4-3-7-14-11)16(2)12(13)17;1-2/h3-4,7H,5-6,8-9H2,1-2H3;1-2H3. The van der Waals surface area contributed by atoms with E-state index >= 15 is 0 Å². The van der Waals surface area contributed by atoms with Crippen molar-refractivity contribution in [1.82, 2.24) is 9.88 Å². The van der Waals surface area contributed by atoms with Crippen LogP contribution in [0.4, 0.5) is 5.69 Å².